The Hall–Kier alpha value is -2.17. The topological polar surface area (TPSA) is 86.1 Å². The van der Waals surface area contributed by atoms with Crippen molar-refractivity contribution < 1.29 is 8.42 Å². The van der Waals surface area contributed by atoms with E-state index in [1.165, 1.54) is 6.26 Å². The molecule has 2 heterocycles. The van der Waals surface area contributed by atoms with Crippen LogP contribution in [0, 0.1) is 11.3 Å². The van der Waals surface area contributed by atoms with Gasteiger partial charge in [-0.3, -0.25) is 0 Å². The van der Waals surface area contributed by atoms with Gasteiger partial charge in [0.1, 0.15) is 5.82 Å². The number of sulfonamides is 1. The van der Waals surface area contributed by atoms with Gasteiger partial charge >= 0.3 is 0 Å². The second kappa shape index (κ2) is 6.14. The molecule has 1 aromatic heterocycles. The third-order valence-electron chi connectivity index (χ3n) is 3.95. The van der Waals surface area contributed by atoms with Gasteiger partial charge in [0.25, 0.3) is 0 Å². The molecule has 0 amide bonds. The van der Waals surface area contributed by atoms with E-state index in [2.05, 4.69) is 15.8 Å². The molecule has 1 N–H and O–H groups in total. The van der Waals surface area contributed by atoms with Crippen LogP contribution in [0.1, 0.15) is 18.4 Å². The molecule has 0 spiro atoms. The van der Waals surface area contributed by atoms with Gasteiger partial charge < -0.3 is 4.90 Å². The summed E-state index contributed by atoms with van der Waals surface area (Å²) in [6.45, 7) is 1.36. The number of anilines is 1. The van der Waals surface area contributed by atoms with Gasteiger partial charge in [0.15, 0.2) is 0 Å². The lowest BCUT2D eigenvalue weighted by molar-refractivity contribution is 0.466. The van der Waals surface area contributed by atoms with E-state index in [-0.39, 0.29) is 6.04 Å². The summed E-state index contributed by atoms with van der Waals surface area (Å²) in [4.78, 5) is 6.68. The summed E-state index contributed by atoms with van der Waals surface area (Å²) in [6, 6.07) is 11.4. The lowest BCUT2D eigenvalue weighted by atomic mass is 10.1. The third-order valence-corrected chi connectivity index (χ3v) is 4.71. The molecule has 0 unspecified atom stereocenters. The smallest absolute Gasteiger partial charge is 0.209 e. The summed E-state index contributed by atoms with van der Waals surface area (Å²) in [5, 5.41) is 10.2. The number of para-hydroxylation sites is 1. The number of pyridine rings is 1. The predicted molar refractivity (Wildman–Crippen MR) is 89.7 cm³/mol. The van der Waals surface area contributed by atoms with E-state index in [1.807, 2.05) is 29.2 Å². The molecule has 1 atom stereocenters. The Balaban J connectivity index is 1.92. The highest BCUT2D eigenvalue weighted by atomic mass is 32.2. The van der Waals surface area contributed by atoms with Crippen molar-refractivity contribution in [2.24, 2.45) is 0 Å². The highest BCUT2D eigenvalue weighted by molar-refractivity contribution is 7.88. The SMILES string of the molecule is CS(=O)(=O)N[C@@H]1CCCN(c2cc(C#N)c3ccccc3n2)C1. The normalized spacial score (nSPS) is 18.8. The quantitative estimate of drug-likeness (QED) is 0.924. The number of nitrogens with one attached hydrogen (secondary N) is 1. The zero-order valence-corrected chi connectivity index (χ0v) is 13.7. The van der Waals surface area contributed by atoms with Crippen LogP contribution in [0.4, 0.5) is 5.82 Å². The molecule has 120 valence electrons. The standard InChI is InChI=1S/C16H18N4O2S/c1-23(21,22)19-13-5-4-8-20(11-13)16-9-12(10-17)14-6-2-3-7-15(14)18-16/h2-3,6-7,9,13,19H,4-5,8,11H2,1H3/t13-/m1/s1. The molecule has 1 aromatic carbocycles. The maximum absolute atomic E-state index is 11.4. The summed E-state index contributed by atoms with van der Waals surface area (Å²) < 4.78 is 25.5. The van der Waals surface area contributed by atoms with Crippen molar-refractivity contribution >= 4 is 26.7 Å². The van der Waals surface area contributed by atoms with E-state index in [1.54, 1.807) is 6.07 Å². The average Bonchev–Trinajstić information content (AvgIpc) is 2.52. The average molecular weight is 330 g/mol. The van der Waals surface area contributed by atoms with E-state index in [0.29, 0.717) is 12.1 Å². The summed E-state index contributed by atoms with van der Waals surface area (Å²) >= 11 is 0. The van der Waals surface area contributed by atoms with Gasteiger partial charge in [-0.2, -0.15) is 5.26 Å². The molecule has 0 bridgehead atoms. The Morgan fingerprint density at radius 3 is 2.91 bits per heavy atom. The lowest BCUT2D eigenvalue weighted by Gasteiger charge is -2.33. The van der Waals surface area contributed by atoms with Gasteiger partial charge in [0.05, 0.1) is 23.4 Å². The monoisotopic (exact) mass is 330 g/mol. The zero-order valence-electron chi connectivity index (χ0n) is 12.9. The fraction of sp³-hybridized carbons (Fsp3) is 0.375. The van der Waals surface area contributed by atoms with E-state index in [9.17, 15) is 13.7 Å². The third kappa shape index (κ3) is 3.60. The first kappa shape index (κ1) is 15.7. The molecule has 1 aliphatic heterocycles. The number of rotatable bonds is 3. The highest BCUT2D eigenvalue weighted by Gasteiger charge is 2.23. The lowest BCUT2D eigenvalue weighted by Crippen LogP contribution is -2.47. The number of hydrogen-bond donors (Lipinski definition) is 1. The second-order valence-electron chi connectivity index (χ2n) is 5.83. The Kier molecular flexibility index (Phi) is 4.20. The van der Waals surface area contributed by atoms with Crippen molar-refractivity contribution in [2.45, 2.75) is 18.9 Å². The minimum absolute atomic E-state index is 0.127. The van der Waals surface area contributed by atoms with E-state index in [0.717, 1.165) is 36.1 Å². The van der Waals surface area contributed by atoms with Crippen LogP contribution in [-0.2, 0) is 10.0 Å². The molecule has 0 radical (unpaired) electrons. The van der Waals surface area contributed by atoms with Crippen LogP contribution in [0.15, 0.2) is 30.3 Å². The maximum atomic E-state index is 11.4. The number of nitrogens with zero attached hydrogens (tertiary/aromatic N) is 3. The summed E-state index contributed by atoms with van der Waals surface area (Å²) in [6.07, 6.45) is 2.86. The number of hydrogen-bond acceptors (Lipinski definition) is 5. The van der Waals surface area contributed by atoms with E-state index < -0.39 is 10.0 Å². The molecule has 1 aliphatic rings. The van der Waals surface area contributed by atoms with Crippen LogP contribution < -0.4 is 9.62 Å². The Morgan fingerprint density at radius 2 is 2.17 bits per heavy atom. The number of benzene rings is 1. The Labute approximate surface area is 135 Å². The van der Waals surface area contributed by atoms with E-state index >= 15 is 0 Å². The molecule has 1 saturated heterocycles. The predicted octanol–water partition coefficient (Wildman–Crippen LogP) is 1.62. The first-order valence-electron chi connectivity index (χ1n) is 7.48. The van der Waals surface area contributed by atoms with Gasteiger partial charge in [-0.05, 0) is 25.0 Å². The minimum Gasteiger partial charge on any atom is -0.355 e. The molecule has 0 saturated carbocycles. The van der Waals surface area contributed by atoms with Crippen molar-refractivity contribution in [1.29, 1.82) is 5.26 Å². The maximum Gasteiger partial charge on any atom is 0.209 e. The van der Waals surface area contributed by atoms with Crippen LogP contribution in [-0.4, -0.2) is 38.8 Å². The Morgan fingerprint density at radius 1 is 1.39 bits per heavy atom. The second-order valence-corrected chi connectivity index (χ2v) is 7.61. The van der Waals surface area contributed by atoms with Crippen LogP contribution in [0.5, 0.6) is 0 Å². The Bertz CT molecular complexity index is 873. The summed E-state index contributed by atoms with van der Waals surface area (Å²) in [5.74, 6) is 0.722. The molecule has 7 heteroatoms. The van der Waals surface area contributed by atoms with Crippen molar-refractivity contribution in [3.8, 4) is 6.07 Å². The number of aromatic nitrogens is 1. The van der Waals surface area contributed by atoms with Crippen molar-refractivity contribution in [1.82, 2.24) is 9.71 Å². The highest BCUT2D eigenvalue weighted by Crippen LogP contribution is 2.24. The van der Waals surface area contributed by atoms with Gasteiger partial charge in [-0.15, -0.1) is 0 Å². The molecule has 2 aromatic rings. The molecular formula is C16H18N4O2S. The molecule has 23 heavy (non-hydrogen) atoms. The molecule has 3 rings (SSSR count). The van der Waals surface area contributed by atoms with Gasteiger partial charge in [-0.25, -0.2) is 18.1 Å². The first-order chi connectivity index (χ1) is 11.0. The number of piperidine rings is 1. The summed E-state index contributed by atoms with van der Waals surface area (Å²) in [7, 11) is -3.23. The molecular weight excluding hydrogens is 312 g/mol. The molecule has 1 fully saturated rings. The molecule has 0 aliphatic carbocycles. The number of fused-ring (bicyclic) bond motifs is 1. The minimum atomic E-state index is -3.23. The number of nitriles is 1. The van der Waals surface area contributed by atoms with Crippen LogP contribution in [0.2, 0.25) is 0 Å². The van der Waals surface area contributed by atoms with Crippen LogP contribution in [0.25, 0.3) is 10.9 Å². The van der Waals surface area contributed by atoms with Gasteiger partial charge in [0, 0.05) is 24.5 Å². The van der Waals surface area contributed by atoms with Gasteiger partial charge in [-0.1, -0.05) is 18.2 Å². The van der Waals surface area contributed by atoms with E-state index in [4.69, 9.17) is 0 Å². The molecule has 6 nitrogen and oxygen atoms in total. The van der Waals surface area contributed by atoms with Crippen LogP contribution in [0.3, 0.4) is 0 Å². The largest absolute Gasteiger partial charge is 0.355 e. The van der Waals surface area contributed by atoms with Crippen LogP contribution >= 0.6 is 0 Å². The zero-order chi connectivity index (χ0) is 16.4. The summed E-state index contributed by atoms with van der Waals surface area (Å²) in [5.41, 5.74) is 1.36. The van der Waals surface area contributed by atoms with Gasteiger partial charge in [0.2, 0.25) is 10.0 Å². The first-order valence-corrected chi connectivity index (χ1v) is 9.37. The van der Waals surface area contributed by atoms with Crippen molar-refractivity contribution in [3.05, 3.63) is 35.9 Å². The fourth-order valence-corrected chi connectivity index (χ4v) is 3.80. The fourth-order valence-electron chi connectivity index (χ4n) is 3.00. The van der Waals surface area contributed by atoms with Crippen molar-refractivity contribution in [3.63, 3.8) is 0 Å². The van der Waals surface area contributed by atoms with Crippen molar-refractivity contribution in [2.75, 3.05) is 24.2 Å².